The number of carbonyl (C=O) groups excluding carboxylic acids is 1. The SMILES string of the molecule is CC(C)(C)OC(=O)NCCN1CC2CN(CCN(CCOc3ccc(C#N)cc3)S(C)(=O)=O)CC(C1)O2. The van der Waals surface area contributed by atoms with Gasteiger partial charge in [0.15, 0.2) is 0 Å². The number of sulfonamides is 1. The standard InChI is InChI=1S/C25H39N5O6S/c1-25(2,3)36-24(31)27-9-10-28-16-22-18-29(19-23(17-28)35-22)11-12-30(37(4,32)33)13-14-34-21-7-5-20(15-26)6-8-21/h5-8,22-23H,9-14,16-19H2,1-4H3,(H,27,31). The number of amides is 1. The molecule has 0 saturated carbocycles. The minimum Gasteiger partial charge on any atom is -0.492 e. The Morgan fingerprint density at radius 3 is 2.24 bits per heavy atom. The van der Waals surface area contributed by atoms with Crippen molar-refractivity contribution in [1.29, 1.82) is 5.26 Å². The highest BCUT2D eigenvalue weighted by Gasteiger charge is 2.35. The normalized spacial score (nSPS) is 20.9. The topological polar surface area (TPSA) is 124 Å². The van der Waals surface area contributed by atoms with Crippen LogP contribution < -0.4 is 10.1 Å². The molecule has 1 aromatic carbocycles. The second kappa shape index (κ2) is 12.9. The lowest BCUT2D eigenvalue weighted by Crippen LogP contribution is -2.60. The number of carbonyl (C=O) groups is 1. The summed E-state index contributed by atoms with van der Waals surface area (Å²) in [6.07, 6.45) is 0.886. The molecule has 0 aliphatic carbocycles. The van der Waals surface area contributed by atoms with E-state index in [9.17, 15) is 13.2 Å². The van der Waals surface area contributed by atoms with E-state index in [-0.39, 0.29) is 25.4 Å². The lowest BCUT2D eigenvalue weighted by molar-refractivity contribution is -0.138. The largest absolute Gasteiger partial charge is 0.492 e. The molecule has 206 valence electrons. The van der Waals surface area contributed by atoms with Crippen molar-refractivity contribution >= 4 is 16.1 Å². The summed E-state index contributed by atoms with van der Waals surface area (Å²) in [4.78, 5) is 16.4. The molecule has 3 rings (SSSR count). The molecular weight excluding hydrogens is 498 g/mol. The van der Waals surface area contributed by atoms with E-state index in [0.717, 1.165) is 32.7 Å². The summed E-state index contributed by atoms with van der Waals surface area (Å²) < 4.78 is 43.2. The average Bonchev–Trinajstić information content (AvgIpc) is 2.79. The summed E-state index contributed by atoms with van der Waals surface area (Å²) >= 11 is 0. The Bertz CT molecular complexity index is 1020. The van der Waals surface area contributed by atoms with Gasteiger partial charge in [-0.3, -0.25) is 9.80 Å². The van der Waals surface area contributed by atoms with Crippen LogP contribution in [0.3, 0.4) is 0 Å². The third-order valence-electron chi connectivity index (χ3n) is 6.06. The first kappa shape index (κ1) is 29.1. The van der Waals surface area contributed by atoms with Crippen molar-refractivity contribution in [3.8, 4) is 11.8 Å². The predicted molar refractivity (Wildman–Crippen MR) is 139 cm³/mol. The zero-order valence-electron chi connectivity index (χ0n) is 22.2. The van der Waals surface area contributed by atoms with Crippen LogP contribution in [0.2, 0.25) is 0 Å². The molecule has 1 amide bonds. The Labute approximate surface area is 220 Å². The molecule has 0 radical (unpaired) electrons. The number of rotatable bonds is 11. The van der Waals surface area contributed by atoms with E-state index in [0.29, 0.717) is 30.9 Å². The fourth-order valence-corrected chi connectivity index (χ4v) is 5.26. The van der Waals surface area contributed by atoms with Gasteiger partial charge < -0.3 is 19.5 Å². The van der Waals surface area contributed by atoms with E-state index in [2.05, 4.69) is 21.2 Å². The first-order valence-corrected chi connectivity index (χ1v) is 14.4. The molecule has 2 bridgehead atoms. The van der Waals surface area contributed by atoms with Crippen LogP contribution in [0.25, 0.3) is 0 Å². The zero-order valence-corrected chi connectivity index (χ0v) is 23.0. The van der Waals surface area contributed by atoms with Crippen LogP contribution in [-0.4, -0.2) is 118 Å². The van der Waals surface area contributed by atoms with E-state index >= 15 is 0 Å². The highest BCUT2D eigenvalue weighted by Crippen LogP contribution is 2.19. The predicted octanol–water partition coefficient (Wildman–Crippen LogP) is 1.11. The molecule has 11 nitrogen and oxygen atoms in total. The average molecular weight is 538 g/mol. The summed E-state index contributed by atoms with van der Waals surface area (Å²) in [6, 6.07) is 8.78. The molecule has 0 spiro atoms. The zero-order chi connectivity index (χ0) is 27.1. The maximum Gasteiger partial charge on any atom is 0.407 e. The van der Waals surface area contributed by atoms with Gasteiger partial charge in [-0.05, 0) is 45.0 Å². The van der Waals surface area contributed by atoms with E-state index in [4.69, 9.17) is 19.5 Å². The molecule has 12 heteroatoms. The second-order valence-electron chi connectivity index (χ2n) is 10.5. The van der Waals surface area contributed by atoms with Crippen molar-refractivity contribution < 1.29 is 27.4 Å². The molecule has 2 saturated heterocycles. The third kappa shape index (κ3) is 10.1. The van der Waals surface area contributed by atoms with Crippen molar-refractivity contribution in [1.82, 2.24) is 19.4 Å². The van der Waals surface area contributed by atoms with Crippen LogP contribution in [-0.2, 0) is 19.5 Å². The number of hydrogen-bond donors (Lipinski definition) is 1. The number of ether oxygens (including phenoxy) is 3. The van der Waals surface area contributed by atoms with Crippen molar-refractivity contribution in [2.24, 2.45) is 0 Å². The molecule has 2 aliphatic rings. The van der Waals surface area contributed by atoms with Gasteiger partial charge in [-0.25, -0.2) is 13.2 Å². The van der Waals surface area contributed by atoms with E-state index in [1.165, 1.54) is 10.6 Å². The highest BCUT2D eigenvalue weighted by atomic mass is 32.2. The number of alkyl carbamates (subject to hydrolysis) is 1. The molecule has 37 heavy (non-hydrogen) atoms. The summed E-state index contributed by atoms with van der Waals surface area (Å²) in [5.41, 5.74) is 0.0230. The number of hydrogen-bond acceptors (Lipinski definition) is 9. The van der Waals surface area contributed by atoms with Gasteiger partial charge in [0.25, 0.3) is 0 Å². The number of nitrogens with one attached hydrogen (secondary N) is 1. The molecular formula is C25H39N5O6S. The second-order valence-corrected chi connectivity index (χ2v) is 12.5. The minimum absolute atomic E-state index is 0.0421. The highest BCUT2D eigenvalue weighted by molar-refractivity contribution is 7.88. The maximum absolute atomic E-state index is 12.3. The Balaban J connectivity index is 1.40. The van der Waals surface area contributed by atoms with Gasteiger partial charge in [0, 0.05) is 58.9 Å². The summed E-state index contributed by atoms with van der Waals surface area (Å²) in [5, 5.41) is 11.7. The third-order valence-corrected chi connectivity index (χ3v) is 7.36. The number of morpholine rings is 2. The number of benzene rings is 1. The van der Waals surface area contributed by atoms with E-state index in [1.807, 2.05) is 20.8 Å². The molecule has 2 aliphatic heterocycles. The molecule has 1 N–H and O–H groups in total. The Morgan fingerprint density at radius 1 is 1.11 bits per heavy atom. The monoisotopic (exact) mass is 537 g/mol. The Hall–Kier alpha value is -2.43. The van der Waals surface area contributed by atoms with Crippen LogP contribution in [0.15, 0.2) is 24.3 Å². The lowest BCUT2D eigenvalue weighted by Gasteiger charge is -2.46. The molecule has 2 fully saturated rings. The lowest BCUT2D eigenvalue weighted by atomic mass is 10.1. The Morgan fingerprint density at radius 2 is 1.70 bits per heavy atom. The smallest absolute Gasteiger partial charge is 0.407 e. The van der Waals surface area contributed by atoms with Gasteiger partial charge in [-0.15, -0.1) is 0 Å². The van der Waals surface area contributed by atoms with Gasteiger partial charge in [0.2, 0.25) is 10.0 Å². The summed E-state index contributed by atoms with van der Waals surface area (Å²) in [6.45, 7) is 11.2. The first-order valence-electron chi connectivity index (χ1n) is 12.6. The van der Waals surface area contributed by atoms with Crippen LogP contribution in [0.1, 0.15) is 26.3 Å². The van der Waals surface area contributed by atoms with Gasteiger partial charge in [0.05, 0.1) is 30.1 Å². The van der Waals surface area contributed by atoms with E-state index < -0.39 is 21.7 Å². The molecule has 1 aromatic rings. The summed E-state index contributed by atoms with van der Waals surface area (Å²) in [7, 11) is -3.39. The summed E-state index contributed by atoms with van der Waals surface area (Å²) in [5.74, 6) is 0.597. The first-order chi connectivity index (χ1) is 17.4. The van der Waals surface area contributed by atoms with Gasteiger partial charge >= 0.3 is 6.09 Å². The van der Waals surface area contributed by atoms with Crippen molar-refractivity contribution in [2.45, 2.75) is 38.6 Å². The number of nitriles is 1. The molecule has 2 unspecified atom stereocenters. The van der Waals surface area contributed by atoms with Crippen molar-refractivity contribution in [3.63, 3.8) is 0 Å². The maximum atomic E-state index is 12.3. The van der Waals surface area contributed by atoms with E-state index in [1.54, 1.807) is 24.3 Å². The molecule has 0 aromatic heterocycles. The van der Waals surface area contributed by atoms with Gasteiger partial charge in [-0.2, -0.15) is 9.57 Å². The van der Waals surface area contributed by atoms with Crippen molar-refractivity contribution in [2.75, 3.05) is 71.8 Å². The quantitative estimate of drug-likeness (QED) is 0.442. The number of fused-ring (bicyclic) bond motifs is 2. The fraction of sp³-hybridized carbons (Fsp3) is 0.680. The van der Waals surface area contributed by atoms with Crippen LogP contribution in [0.5, 0.6) is 5.75 Å². The minimum atomic E-state index is -3.39. The van der Waals surface area contributed by atoms with Crippen LogP contribution >= 0.6 is 0 Å². The van der Waals surface area contributed by atoms with Crippen LogP contribution in [0, 0.1) is 11.3 Å². The fourth-order valence-electron chi connectivity index (χ4n) is 4.44. The van der Waals surface area contributed by atoms with Gasteiger partial charge in [0.1, 0.15) is 18.0 Å². The Kier molecular flexibility index (Phi) is 10.1. The van der Waals surface area contributed by atoms with Crippen LogP contribution in [0.4, 0.5) is 4.79 Å². The van der Waals surface area contributed by atoms with Gasteiger partial charge in [-0.1, -0.05) is 0 Å². The number of nitrogens with zero attached hydrogens (tertiary/aromatic N) is 4. The molecule has 2 heterocycles. The van der Waals surface area contributed by atoms with Crippen molar-refractivity contribution in [3.05, 3.63) is 29.8 Å². The molecule has 2 atom stereocenters.